The molecule has 1 aromatic heterocycles. The number of anilines is 1. The van der Waals surface area contributed by atoms with Crippen LogP contribution in [-0.2, 0) is 27.2 Å². The number of carbonyl (C=O) groups excluding carboxylic acids is 3. The van der Waals surface area contributed by atoms with Crippen molar-refractivity contribution < 1.29 is 14.4 Å². The molecule has 1 unspecified atom stereocenters. The van der Waals surface area contributed by atoms with Gasteiger partial charge in [0.1, 0.15) is 6.04 Å². The molecule has 10 heteroatoms. The maximum absolute atomic E-state index is 13.4. The van der Waals surface area contributed by atoms with E-state index in [0.29, 0.717) is 25.2 Å². The number of nitrogens with one attached hydrogen (secondary N) is 3. The number of rotatable bonds is 9. The number of carbonyl (C=O) groups is 3. The van der Waals surface area contributed by atoms with Crippen molar-refractivity contribution in [1.29, 1.82) is 0 Å². The third-order valence-corrected chi connectivity index (χ3v) is 10.4. The molecule has 3 amide bonds. The zero-order chi connectivity index (χ0) is 35.4. The number of aliphatic imine (C=N–C) groups is 1. The van der Waals surface area contributed by atoms with Crippen molar-refractivity contribution >= 4 is 46.4 Å². The number of hydrogen-bond donors (Lipinski definition) is 3. The van der Waals surface area contributed by atoms with Gasteiger partial charge in [-0.2, -0.15) is 5.10 Å². The molecule has 10 nitrogen and oxygen atoms in total. The van der Waals surface area contributed by atoms with Crippen LogP contribution in [0.25, 0.3) is 27.7 Å². The lowest BCUT2D eigenvalue weighted by Crippen LogP contribution is -2.50. The Kier molecular flexibility index (Phi) is 9.35. The highest BCUT2D eigenvalue weighted by atomic mass is 16.2. The normalized spacial score (nSPS) is 19.8. The molecule has 3 N–H and O–H groups in total. The monoisotopic (exact) mass is 691 g/mol. The van der Waals surface area contributed by atoms with Gasteiger partial charge in [-0.3, -0.25) is 24.5 Å². The second-order valence-corrected chi connectivity index (χ2v) is 13.8. The molecule has 0 bridgehead atoms. The molecule has 2 fully saturated rings. The molecule has 52 heavy (non-hydrogen) atoms. The summed E-state index contributed by atoms with van der Waals surface area (Å²) in [4.78, 5) is 48.0. The van der Waals surface area contributed by atoms with Crippen molar-refractivity contribution in [2.45, 2.75) is 56.7 Å². The van der Waals surface area contributed by atoms with Crippen LogP contribution >= 0.6 is 0 Å². The summed E-state index contributed by atoms with van der Waals surface area (Å²) in [6, 6.07) is 33.3. The first-order chi connectivity index (χ1) is 25.5. The fraction of sp³-hybridized carbons (Fsp3) is 0.262. The maximum Gasteiger partial charge on any atom is 0.248 e. The topological polar surface area (TPSA) is 123 Å². The summed E-state index contributed by atoms with van der Waals surface area (Å²) in [5, 5.41) is 14.9. The lowest BCUT2D eigenvalue weighted by atomic mass is 10.00. The molecule has 0 spiro atoms. The fourth-order valence-corrected chi connectivity index (χ4v) is 7.71. The molecule has 4 aromatic carbocycles. The van der Waals surface area contributed by atoms with Crippen LogP contribution in [0.5, 0.6) is 0 Å². The molecule has 0 radical (unpaired) electrons. The van der Waals surface area contributed by atoms with Crippen LogP contribution in [0.2, 0.25) is 0 Å². The van der Waals surface area contributed by atoms with Crippen LogP contribution in [0.15, 0.2) is 114 Å². The Hall–Kier alpha value is -6.03. The number of H-pyrrole nitrogens is 1. The second-order valence-electron chi connectivity index (χ2n) is 13.8. The van der Waals surface area contributed by atoms with Gasteiger partial charge in [0.2, 0.25) is 17.7 Å². The van der Waals surface area contributed by atoms with Gasteiger partial charge < -0.3 is 20.4 Å². The molecule has 3 atom stereocenters. The molecular formula is C42H41N7O3. The van der Waals surface area contributed by atoms with Gasteiger partial charge in [-0.25, -0.2) is 0 Å². The smallest absolute Gasteiger partial charge is 0.248 e. The van der Waals surface area contributed by atoms with Crippen molar-refractivity contribution in [3.8, 4) is 11.1 Å². The molecule has 0 aliphatic carbocycles. The summed E-state index contributed by atoms with van der Waals surface area (Å²) in [5.74, 6) is 0.349. The predicted octanol–water partition coefficient (Wildman–Crippen LogP) is 5.98. The van der Waals surface area contributed by atoms with Gasteiger partial charge in [0.15, 0.2) is 5.82 Å². The second kappa shape index (κ2) is 14.7. The number of aromatic amines is 1. The molecule has 3 aliphatic rings. The summed E-state index contributed by atoms with van der Waals surface area (Å²) in [6.07, 6.45) is 7.78. The average molecular weight is 692 g/mol. The summed E-state index contributed by atoms with van der Waals surface area (Å²) >= 11 is 0. The van der Waals surface area contributed by atoms with Crippen molar-refractivity contribution in [1.82, 2.24) is 25.3 Å². The minimum atomic E-state index is -0.519. The van der Waals surface area contributed by atoms with Gasteiger partial charge in [0.05, 0.1) is 42.3 Å². The molecule has 4 heterocycles. The number of nitrogens with zero attached hydrogens (tertiary/aromatic N) is 4. The van der Waals surface area contributed by atoms with Crippen molar-refractivity contribution in [3.63, 3.8) is 0 Å². The number of fused-ring (bicyclic) bond motifs is 1. The summed E-state index contributed by atoms with van der Waals surface area (Å²) in [6.45, 7) is 1.34. The van der Waals surface area contributed by atoms with E-state index in [1.165, 1.54) is 0 Å². The number of likely N-dealkylation sites (tertiary alicyclic amines) is 2. The first-order valence-corrected chi connectivity index (χ1v) is 18.1. The minimum absolute atomic E-state index is 0.0408. The van der Waals surface area contributed by atoms with E-state index >= 15 is 0 Å². The largest absolute Gasteiger partial charge is 0.374 e. The fourth-order valence-electron chi connectivity index (χ4n) is 7.71. The van der Waals surface area contributed by atoms with Gasteiger partial charge in [-0.15, -0.1) is 0 Å². The molecule has 3 aliphatic heterocycles. The lowest BCUT2D eigenvalue weighted by Gasteiger charge is -2.32. The number of hydrogen-bond acceptors (Lipinski definition) is 6. The van der Waals surface area contributed by atoms with Gasteiger partial charge in [0, 0.05) is 24.7 Å². The molecule has 8 rings (SSSR count). The number of aromatic nitrogens is 2. The average Bonchev–Trinajstić information content (AvgIpc) is 3.97. The van der Waals surface area contributed by atoms with E-state index in [1.54, 1.807) is 4.90 Å². The van der Waals surface area contributed by atoms with E-state index in [1.807, 2.05) is 96.2 Å². The highest BCUT2D eigenvalue weighted by Gasteiger charge is 2.36. The lowest BCUT2D eigenvalue weighted by molar-refractivity contribution is -0.136. The third-order valence-electron chi connectivity index (χ3n) is 10.4. The van der Waals surface area contributed by atoms with Crippen LogP contribution in [0.1, 0.15) is 42.4 Å². The summed E-state index contributed by atoms with van der Waals surface area (Å²) in [7, 11) is 0. The van der Waals surface area contributed by atoms with E-state index in [9.17, 15) is 14.4 Å². The first-order valence-electron chi connectivity index (χ1n) is 18.1. The Morgan fingerprint density at radius 2 is 1.37 bits per heavy atom. The van der Waals surface area contributed by atoms with Crippen molar-refractivity contribution in [2.75, 3.05) is 18.4 Å². The Bertz CT molecular complexity index is 2140. The Morgan fingerprint density at radius 3 is 2.10 bits per heavy atom. The highest BCUT2D eigenvalue weighted by Crippen LogP contribution is 2.30. The van der Waals surface area contributed by atoms with E-state index in [0.717, 1.165) is 70.2 Å². The third kappa shape index (κ3) is 6.96. The standard InChI is InChI=1S/C42H41N7O3/c50-39(23-28-9-3-1-4-10-28)48-21-7-13-37(48)36-27-43-26-35(44-36)31-17-15-30(16-18-31)32-19-20-33-34(25-32)46-47-41(33)45-42(52)38-14-8-22-49(38)40(51)24-29-11-5-2-6-12-29/h1-6,9-12,15-20,25-27,36-38,44H,7-8,13-14,21-24H2,(H2,45,46,47,52)/t36?,37-,38-/m0/s1. The summed E-state index contributed by atoms with van der Waals surface area (Å²) < 4.78 is 0. The molecule has 0 saturated carbocycles. The first kappa shape index (κ1) is 33.1. The molecule has 5 aromatic rings. The van der Waals surface area contributed by atoms with Crippen LogP contribution in [0.3, 0.4) is 0 Å². The minimum Gasteiger partial charge on any atom is -0.374 e. The van der Waals surface area contributed by atoms with E-state index < -0.39 is 6.04 Å². The van der Waals surface area contributed by atoms with Crippen molar-refractivity contribution in [3.05, 3.63) is 126 Å². The van der Waals surface area contributed by atoms with Crippen molar-refractivity contribution in [2.24, 2.45) is 4.99 Å². The highest BCUT2D eigenvalue weighted by molar-refractivity contribution is 6.03. The van der Waals surface area contributed by atoms with Gasteiger partial charge in [-0.05, 0) is 65.6 Å². The Balaban J connectivity index is 0.904. The molecule has 262 valence electrons. The van der Waals surface area contributed by atoms with E-state index in [4.69, 9.17) is 0 Å². The Morgan fingerprint density at radius 1 is 0.731 bits per heavy atom. The summed E-state index contributed by atoms with van der Waals surface area (Å²) in [5.41, 5.74) is 6.76. The van der Waals surface area contributed by atoms with Gasteiger partial charge in [-0.1, -0.05) is 91.0 Å². The zero-order valence-electron chi connectivity index (χ0n) is 28.9. The molecular weight excluding hydrogens is 651 g/mol. The van der Waals surface area contributed by atoms with Gasteiger partial charge >= 0.3 is 0 Å². The van der Waals surface area contributed by atoms with Crippen LogP contribution in [0.4, 0.5) is 5.82 Å². The Labute approximate surface area is 302 Å². The van der Waals surface area contributed by atoms with Crippen LogP contribution in [-0.4, -0.2) is 75.1 Å². The van der Waals surface area contributed by atoms with Crippen LogP contribution in [0, 0.1) is 0 Å². The maximum atomic E-state index is 13.4. The SMILES string of the molecule is O=C(Nc1n[nH]c2cc(-c3ccc(C4=CN=CC([C@@H]5CCCN5C(=O)Cc5ccccc5)N4)cc3)ccc12)[C@@H]1CCCN1C(=O)Cc1ccccc1. The predicted molar refractivity (Wildman–Crippen MR) is 203 cm³/mol. The number of amides is 3. The molecule has 2 saturated heterocycles. The zero-order valence-corrected chi connectivity index (χ0v) is 28.9. The van der Waals surface area contributed by atoms with E-state index in [2.05, 4.69) is 50.1 Å². The van der Waals surface area contributed by atoms with Gasteiger partial charge in [0.25, 0.3) is 0 Å². The number of benzene rings is 4. The van der Waals surface area contributed by atoms with Crippen LogP contribution < -0.4 is 10.6 Å². The quantitative estimate of drug-likeness (QED) is 0.176. The van der Waals surface area contributed by atoms with E-state index in [-0.39, 0.29) is 36.2 Å².